The largest absolute Gasteiger partial charge is 0.394 e. The van der Waals surface area contributed by atoms with Crippen molar-refractivity contribution in [1.82, 2.24) is 5.32 Å². The molecule has 0 aromatic rings. The summed E-state index contributed by atoms with van der Waals surface area (Å²) in [7, 11) is 0. The molecule has 1 heterocycles. The molecule has 0 radical (unpaired) electrons. The second-order valence-corrected chi connectivity index (χ2v) is 20.4. The van der Waals surface area contributed by atoms with Crippen LogP contribution in [0.4, 0.5) is 0 Å². The first-order chi connectivity index (χ1) is 34.3. The average Bonchev–Trinajstić information content (AvgIpc) is 3.36. The maximum absolute atomic E-state index is 13.0. The Labute approximate surface area is 430 Å². The molecule has 0 aromatic carbocycles. The van der Waals surface area contributed by atoms with Crippen molar-refractivity contribution >= 4 is 5.91 Å². The molecule has 1 saturated heterocycles. The molecule has 70 heavy (non-hydrogen) atoms. The van der Waals surface area contributed by atoms with Crippen LogP contribution >= 0.6 is 0 Å². The quantitative estimate of drug-likeness (QED) is 0.0261. The third kappa shape index (κ3) is 39.4. The van der Waals surface area contributed by atoms with Gasteiger partial charge < -0.3 is 40.3 Å². The van der Waals surface area contributed by atoms with Gasteiger partial charge in [-0.05, 0) is 57.8 Å². The number of aliphatic hydroxyl groups is 5. The van der Waals surface area contributed by atoms with Gasteiger partial charge in [0.15, 0.2) is 6.29 Å². The van der Waals surface area contributed by atoms with E-state index in [9.17, 15) is 30.3 Å². The van der Waals surface area contributed by atoms with Crippen molar-refractivity contribution in [3.63, 3.8) is 0 Å². The summed E-state index contributed by atoms with van der Waals surface area (Å²) in [6.07, 6.45) is 61.7. The zero-order chi connectivity index (χ0) is 50.8. The molecule has 9 heteroatoms. The highest BCUT2D eigenvalue weighted by molar-refractivity contribution is 5.76. The number of hydrogen-bond donors (Lipinski definition) is 6. The molecule has 0 aliphatic carbocycles. The molecule has 0 spiro atoms. The Balaban J connectivity index is 2.07. The van der Waals surface area contributed by atoms with Gasteiger partial charge in [0.2, 0.25) is 5.91 Å². The Morgan fingerprint density at radius 3 is 1.31 bits per heavy atom. The van der Waals surface area contributed by atoms with Crippen LogP contribution in [0.1, 0.15) is 264 Å². The van der Waals surface area contributed by atoms with Crippen molar-refractivity contribution in [2.24, 2.45) is 0 Å². The zero-order valence-corrected chi connectivity index (χ0v) is 45.3. The molecule has 1 aliphatic rings. The SMILES string of the molecule is CC/C=C\C/C=C\C/C=C\C/C=C\CCCCCCCCCCCCCCCCCCCCCCCCC(=O)NC(COC1OC(CO)C(O)C(O)C1O)C(O)/C=C/CCCCCCCCCCCC. The van der Waals surface area contributed by atoms with Crippen LogP contribution < -0.4 is 5.32 Å². The zero-order valence-electron chi connectivity index (χ0n) is 45.3. The Hall–Kier alpha value is -2.11. The van der Waals surface area contributed by atoms with Gasteiger partial charge in [-0.1, -0.05) is 261 Å². The third-order valence-electron chi connectivity index (χ3n) is 13.8. The fourth-order valence-corrected chi connectivity index (χ4v) is 9.21. The van der Waals surface area contributed by atoms with Crippen LogP contribution in [0, 0.1) is 0 Å². The minimum atomic E-state index is -1.57. The fourth-order valence-electron chi connectivity index (χ4n) is 9.21. The number of unbranched alkanes of at least 4 members (excludes halogenated alkanes) is 32. The lowest BCUT2D eigenvalue weighted by molar-refractivity contribution is -0.302. The highest BCUT2D eigenvalue weighted by Crippen LogP contribution is 2.23. The van der Waals surface area contributed by atoms with Crippen LogP contribution in [0.2, 0.25) is 0 Å². The Bertz CT molecular complexity index is 1280. The van der Waals surface area contributed by atoms with Crippen LogP contribution in [0.15, 0.2) is 60.8 Å². The maximum atomic E-state index is 13.0. The van der Waals surface area contributed by atoms with Crippen LogP contribution in [0.3, 0.4) is 0 Å². The van der Waals surface area contributed by atoms with Crippen molar-refractivity contribution in [3.05, 3.63) is 60.8 Å². The van der Waals surface area contributed by atoms with E-state index in [2.05, 4.69) is 67.8 Å². The van der Waals surface area contributed by atoms with Crippen molar-refractivity contribution in [2.45, 2.75) is 307 Å². The van der Waals surface area contributed by atoms with E-state index in [1.54, 1.807) is 6.08 Å². The fraction of sp³-hybridized carbons (Fsp3) is 0.820. The molecule has 1 fully saturated rings. The highest BCUT2D eigenvalue weighted by atomic mass is 16.7. The lowest BCUT2D eigenvalue weighted by Crippen LogP contribution is -2.60. The van der Waals surface area contributed by atoms with Crippen molar-refractivity contribution < 1.29 is 39.8 Å². The van der Waals surface area contributed by atoms with E-state index in [0.29, 0.717) is 6.42 Å². The first-order valence-corrected chi connectivity index (χ1v) is 29.5. The number of carbonyl (C=O) groups excluding carboxylic acids is 1. The van der Waals surface area contributed by atoms with Crippen molar-refractivity contribution in [2.75, 3.05) is 13.2 Å². The lowest BCUT2D eigenvalue weighted by Gasteiger charge is -2.40. The van der Waals surface area contributed by atoms with Gasteiger partial charge in [-0.15, -0.1) is 0 Å². The van der Waals surface area contributed by atoms with Crippen molar-refractivity contribution in [3.8, 4) is 0 Å². The second kappa shape index (κ2) is 50.4. The summed E-state index contributed by atoms with van der Waals surface area (Å²) < 4.78 is 11.2. The van der Waals surface area contributed by atoms with Gasteiger partial charge in [0.1, 0.15) is 24.4 Å². The first-order valence-electron chi connectivity index (χ1n) is 29.5. The average molecular weight is 987 g/mol. The summed E-state index contributed by atoms with van der Waals surface area (Å²) in [4.78, 5) is 13.0. The Morgan fingerprint density at radius 2 is 0.886 bits per heavy atom. The third-order valence-corrected chi connectivity index (χ3v) is 13.8. The molecule has 0 aromatic heterocycles. The molecular weight excluding hydrogens is 875 g/mol. The van der Waals surface area contributed by atoms with Crippen molar-refractivity contribution in [1.29, 1.82) is 0 Å². The van der Waals surface area contributed by atoms with Gasteiger partial charge in [0.05, 0.1) is 25.4 Å². The molecule has 6 N–H and O–H groups in total. The topological polar surface area (TPSA) is 149 Å². The van der Waals surface area contributed by atoms with Gasteiger partial charge in [-0.2, -0.15) is 0 Å². The molecule has 7 unspecified atom stereocenters. The lowest BCUT2D eigenvalue weighted by atomic mass is 9.99. The molecule has 408 valence electrons. The van der Waals surface area contributed by atoms with Gasteiger partial charge in [-0.25, -0.2) is 0 Å². The molecule has 7 atom stereocenters. The van der Waals surface area contributed by atoms with Crippen LogP contribution in [-0.2, 0) is 14.3 Å². The second-order valence-electron chi connectivity index (χ2n) is 20.4. The van der Waals surface area contributed by atoms with E-state index >= 15 is 0 Å². The first kappa shape index (κ1) is 65.9. The number of amides is 1. The molecule has 9 nitrogen and oxygen atoms in total. The predicted octanol–water partition coefficient (Wildman–Crippen LogP) is 14.7. The smallest absolute Gasteiger partial charge is 0.220 e. The van der Waals surface area contributed by atoms with Crippen LogP contribution in [-0.4, -0.2) is 87.5 Å². The van der Waals surface area contributed by atoms with E-state index < -0.39 is 49.5 Å². The molecule has 0 bridgehead atoms. The summed E-state index contributed by atoms with van der Waals surface area (Å²) >= 11 is 0. The van der Waals surface area contributed by atoms with Gasteiger partial charge >= 0.3 is 0 Å². The van der Waals surface area contributed by atoms with E-state index in [1.165, 1.54) is 180 Å². The molecule has 1 aliphatic heterocycles. The Kier molecular flexibility index (Phi) is 47.5. The van der Waals surface area contributed by atoms with Crippen LogP contribution in [0.25, 0.3) is 0 Å². The van der Waals surface area contributed by atoms with E-state index in [-0.39, 0.29) is 12.5 Å². The maximum Gasteiger partial charge on any atom is 0.220 e. The molecular formula is C61H111NO8. The van der Waals surface area contributed by atoms with Crippen LogP contribution in [0.5, 0.6) is 0 Å². The van der Waals surface area contributed by atoms with E-state index in [1.807, 2.05) is 6.08 Å². The summed E-state index contributed by atoms with van der Waals surface area (Å²) in [5.41, 5.74) is 0. The summed E-state index contributed by atoms with van der Waals surface area (Å²) in [6.45, 7) is 3.67. The number of rotatable bonds is 50. The van der Waals surface area contributed by atoms with E-state index in [0.717, 1.165) is 64.2 Å². The van der Waals surface area contributed by atoms with Gasteiger partial charge in [0, 0.05) is 6.42 Å². The normalized spacial score (nSPS) is 19.8. The monoisotopic (exact) mass is 986 g/mol. The molecule has 1 rings (SSSR count). The predicted molar refractivity (Wildman–Crippen MR) is 295 cm³/mol. The standard InChI is InChI=1S/C61H111NO8/c1-3-5-7-9-11-13-15-17-18-19-20-21-22-23-24-25-26-27-28-29-30-31-32-33-34-35-36-37-38-39-41-43-45-47-49-51-57(65)62-54(53-69-61-60(68)59(67)58(66)56(52-63)70-61)55(64)50-48-46-44-42-40-16-14-12-10-8-6-4-2/h5,7,11,13,17-18,20-21,48,50,54-56,58-61,63-64,66-68H,3-4,6,8-10,12,14-16,19,22-47,49,51-53H2,1-2H3,(H,62,65)/b7-5-,13-11-,18-17-,21-20-,50-48+. The number of allylic oxidation sites excluding steroid dienone is 9. The highest BCUT2D eigenvalue weighted by Gasteiger charge is 2.44. The molecule has 1 amide bonds. The summed E-state index contributed by atoms with van der Waals surface area (Å²) in [6, 6.07) is -0.803. The minimum Gasteiger partial charge on any atom is -0.394 e. The number of hydrogen-bond acceptors (Lipinski definition) is 8. The number of ether oxygens (including phenoxy) is 2. The number of aliphatic hydroxyl groups excluding tert-OH is 5. The van der Waals surface area contributed by atoms with E-state index in [4.69, 9.17) is 9.47 Å². The Morgan fingerprint density at radius 1 is 0.500 bits per heavy atom. The molecule has 0 saturated carbocycles. The van der Waals surface area contributed by atoms with Gasteiger partial charge in [0.25, 0.3) is 0 Å². The number of nitrogens with one attached hydrogen (secondary N) is 1. The summed E-state index contributed by atoms with van der Waals surface area (Å²) in [5, 5.41) is 54.4. The van der Waals surface area contributed by atoms with Gasteiger partial charge in [-0.3, -0.25) is 4.79 Å². The summed E-state index contributed by atoms with van der Waals surface area (Å²) in [5.74, 6) is -0.175. The number of carbonyl (C=O) groups is 1. The minimum absolute atomic E-state index is 0.175.